The first-order valence-electron chi connectivity index (χ1n) is 5.42. The standard InChI is InChI=1S/C12H15ClN2O2/c1-3-11(14-15-12(16)17-4-2)9-6-5-7-10(13)8-9/h5-8H,3-4H2,1-2H3,(H,15,16)/b14-11+. The van der Waals surface area contributed by atoms with E-state index >= 15 is 0 Å². The van der Waals surface area contributed by atoms with Crippen molar-refractivity contribution in [2.45, 2.75) is 20.3 Å². The van der Waals surface area contributed by atoms with Crippen molar-refractivity contribution in [3.63, 3.8) is 0 Å². The Morgan fingerprint density at radius 3 is 2.82 bits per heavy atom. The van der Waals surface area contributed by atoms with E-state index in [1.165, 1.54) is 0 Å². The monoisotopic (exact) mass is 254 g/mol. The van der Waals surface area contributed by atoms with Crippen LogP contribution in [0, 0.1) is 0 Å². The molecule has 0 saturated heterocycles. The third-order valence-electron chi connectivity index (χ3n) is 2.05. The van der Waals surface area contributed by atoms with E-state index < -0.39 is 6.09 Å². The van der Waals surface area contributed by atoms with Gasteiger partial charge in [0.2, 0.25) is 0 Å². The molecule has 1 rings (SSSR count). The topological polar surface area (TPSA) is 50.7 Å². The lowest BCUT2D eigenvalue weighted by atomic mass is 10.1. The highest BCUT2D eigenvalue weighted by atomic mass is 35.5. The number of hydrogen-bond acceptors (Lipinski definition) is 3. The molecule has 4 nitrogen and oxygen atoms in total. The Hall–Kier alpha value is -1.55. The Morgan fingerprint density at radius 1 is 1.47 bits per heavy atom. The van der Waals surface area contributed by atoms with Crippen LogP contribution in [-0.4, -0.2) is 18.4 Å². The van der Waals surface area contributed by atoms with Crippen molar-refractivity contribution >= 4 is 23.4 Å². The van der Waals surface area contributed by atoms with E-state index in [0.717, 1.165) is 11.3 Å². The van der Waals surface area contributed by atoms with Gasteiger partial charge < -0.3 is 4.74 Å². The van der Waals surface area contributed by atoms with Crippen molar-refractivity contribution in [2.24, 2.45) is 5.10 Å². The second-order valence-corrected chi connectivity index (χ2v) is 3.69. The summed E-state index contributed by atoms with van der Waals surface area (Å²) in [6.45, 7) is 4.01. The van der Waals surface area contributed by atoms with Crippen LogP contribution in [0.25, 0.3) is 0 Å². The molecule has 0 aliphatic carbocycles. The van der Waals surface area contributed by atoms with E-state index in [0.29, 0.717) is 18.1 Å². The number of nitrogens with one attached hydrogen (secondary N) is 1. The van der Waals surface area contributed by atoms with E-state index in [1.807, 2.05) is 19.1 Å². The maximum Gasteiger partial charge on any atom is 0.427 e. The molecule has 92 valence electrons. The molecule has 0 bridgehead atoms. The van der Waals surface area contributed by atoms with Crippen molar-refractivity contribution in [3.05, 3.63) is 34.9 Å². The molecule has 0 spiro atoms. The molecule has 0 unspecified atom stereocenters. The van der Waals surface area contributed by atoms with Crippen LogP contribution >= 0.6 is 11.6 Å². The van der Waals surface area contributed by atoms with Gasteiger partial charge in [-0.2, -0.15) is 5.10 Å². The molecule has 0 atom stereocenters. The zero-order valence-corrected chi connectivity index (χ0v) is 10.6. The van der Waals surface area contributed by atoms with E-state index in [4.69, 9.17) is 16.3 Å². The van der Waals surface area contributed by atoms with Crippen LogP contribution in [0.2, 0.25) is 5.02 Å². The Balaban J connectivity index is 2.77. The third-order valence-corrected chi connectivity index (χ3v) is 2.29. The van der Waals surface area contributed by atoms with Crippen molar-refractivity contribution < 1.29 is 9.53 Å². The fourth-order valence-corrected chi connectivity index (χ4v) is 1.48. The summed E-state index contributed by atoms with van der Waals surface area (Å²) in [5.74, 6) is 0. The van der Waals surface area contributed by atoms with E-state index in [1.54, 1.807) is 19.1 Å². The van der Waals surface area contributed by atoms with Crippen LogP contribution in [0.3, 0.4) is 0 Å². The molecule has 17 heavy (non-hydrogen) atoms. The molecule has 1 amide bonds. The Kier molecular flexibility index (Phi) is 5.49. The summed E-state index contributed by atoms with van der Waals surface area (Å²) in [7, 11) is 0. The van der Waals surface area contributed by atoms with Gasteiger partial charge in [-0.05, 0) is 31.0 Å². The zero-order valence-electron chi connectivity index (χ0n) is 9.87. The minimum absolute atomic E-state index is 0.319. The molecule has 0 heterocycles. The van der Waals surface area contributed by atoms with Gasteiger partial charge in [-0.3, -0.25) is 0 Å². The highest BCUT2D eigenvalue weighted by molar-refractivity contribution is 6.31. The summed E-state index contributed by atoms with van der Waals surface area (Å²) in [5, 5.41) is 4.64. The molecule has 1 N–H and O–H groups in total. The van der Waals surface area contributed by atoms with Crippen molar-refractivity contribution in [2.75, 3.05) is 6.61 Å². The summed E-state index contributed by atoms with van der Waals surface area (Å²) >= 11 is 5.89. The Bertz CT molecular complexity index is 419. The largest absolute Gasteiger partial charge is 0.449 e. The summed E-state index contributed by atoms with van der Waals surface area (Å²) in [4.78, 5) is 11.1. The minimum atomic E-state index is -0.555. The first-order valence-corrected chi connectivity index (χ1v) is 5.80. The molecular weight excluding hydrogens is 240 g/mol. The zero-order chi connectivity index (χ0) is 12.7. The van der Waals surface area contributed by atoms with E-state index in [-0.39, 0.29) is 0 Å². The summed E-state index contributed by atoms with van der Waals surface area (Å²) in [5.41, 5.74) is 3.97. The third kappa shape index (κ3) is 4.44. The molecule has 0 aromatic heterocycles. The van der Waals surface area contributed by atoms with Crippen molar-refractivity contribution in [3.8, 4) is 0 Å². The average molecular weight is 255 g/mol. The lowest BCUT2D eigenvalue weighted by molar-refractivity contribution is 0.152. The average Bonchev–Trinajstić information content (AvgIpc) is 2.30. The SMILES string of the molecule is CCOC(=O)N/N=C(\CC)c1cccc(Cl)c1. The number of nitrogens with zero attached hydrogens (tertiary/aromatic N) is 1. The van der Waals surface area contributed by atoms with Gasteiger partial charge in [0.1, 0.15) is 0 Å². The number of benzene rings is 1. The first-order chi connectivity index (χ1) is 8.17. The van der Waals surface area contributed by atoms with Gasteiger partial charge in [-0.1, -0.05) is 30.7 Å². The Morgan fingerprint density at radius 2 is 2.24 bits per heavy atom. The van der Waals surface area contributed by atoms with Gasteiger partial charge in [-0.15, -0.1) is 0 Å². The van der Waals surface area contributed by atoms with Crippen LogP contribution in [0.5, 0.6) is 0 Å². The van der Waals surface area contributed by atoms with Crippen LogP contribution in [0.4, 0.5) is 4.79 Å². The maximum absolute atomic E-state index is 11.1. The second kappa shape index (κ2) is 6.91. The molecule has 1 aromatic rings. The maximum atomic E-state index is 11.1. The lowest BCUT2D eigenvalue weighted by Gasteiger charge is -2.05. The molecule has 0 saturated carbocycles. The van der Waals surface area contributed by atoms with Crippen molar-refractivity contribution in [1.82, 2.24) is 5.43 Å². The second-order valence-electron chi connectivity index (χ2n) is 3.25. The van der Waals surface area contributed by atoms with Gasteiger partial charge in [0.15, 0.2) is 0 Å². The number of carbonyl (C=O) groups excluding carboxylic acids is 1. The highest BCUT2D eigenvalue weighted by Gasteiger charge is 2.04. The predicted octanol–water partition coefficient (Wildman–Crippen LogP) is 3.20. The molecule has 1 aromatic carbocycles. The molecule has 0 fully saturated rings. The van der Waals surface area contributed by atoms with Gasteiger partial charge >= 0.3 is 6.09 Å². The van der Waals surface area contributed by atoms with Crippen LogP contribution in [0.15, 0.2) is 29.4 Å². The van der Waals surface area contributed by atoms with Gasteiger partial charge in [0.25, 0.3) is 0 Å². The fraction of sp³-hybridized carbons (Fsp3) is 0.333. The number of hydrazone groups is 1. The van der Waals surface area contributed by atoms with Crippen LogP contribution in [0.1, 0.15) is 25.8 Å². The lowest BCUT2D eigenvalue weighted by Crippen LogP contribution is -2.20. The quantitative estimate of drug-likeness (QED) is 0.663. The first kappa shape index (κ1) is 13.5. The normalized spacial score (nSPS) is 11.1. The molecule has 0 aliphatic rings. The number of rotatable bonds is 4. The molecule has 0 aliphatic heterocycles. The van der Waals surface area contributed by atoms with Gasteiger partial charge in [0.05, 0.1) is 12.3 Å². The summed E-state index contributed by atoms with van der Waals surface area (Å²) in [6, 6.07) is 7.32. The van der Waals surface area contributed by atoms with Crippen molar-refractivity contribution in [1.29, 1.82) is 0 Å². The van der Waals surface area contributed by atoms with Crippen LogP contribution in [-0.2, 0) is 4.74 Å². The van der Waals surface area contributed by atoms with E-state index in [2.05, 4.69) is 10.5 Å². The number of hydrogen-bond donors (Lipinski definition) is 1. The fourth-order valence-electron chi connectivity index (χ4n) is 1.29. The van der Waals surface area contributed by atoms with Crippen LogP contribution < -0.4 is 5.43 Å². The molecular formula is C12H15ClN2O2. The molecule has 0 radical (unpaired) electrons. The molecule has 5 heteroatoms. The number of carbonyl (C=O) groups is 1. The highest BCUT2D eigenvalue weighted by Crippen LogP contribution is 2.12. The predicted molar refractivity (Wildman–Crippen MR) is 68.4 cm³/mol. The smallest absolute Gasteiger partial charge is 0.427 e. The summed E-state index contributed by atoms with van der Waals surface area (Å²) < 4.78 is 4.71. The number of ether oxygens (including phenoxy) is 1. The number of amides is 1. The summed E-state index contributed by atoms with van der Waals surface area (Å²) in [6.07, 6.45) is 0.132. The Labute approximate surface area is 106 Å². The minimum Gasteiger partial charge on any atom is -0.449 e. The van der Waals surface area contributed by atoms with Gasteiger partial charge in [-0.25, -0.2) is 10.2 Å². The number of halogens is 1. The van der Waals surface area contributed by atoms with E-state index in [9.17, 15) is 4.79 Å². The van der Waals surface area contributed by atoms with Gasteiger partial charge in [0, 0.05) is 5.02 Å².